The van der Waals surface area contributed by atoms with Crippen LogP contribution in [0, 0.1) is 0 Å². The standard InChI is InChI=1S/C21H22BrN3O2S/c1-24(12-16-11-15(22)13-28-16)20(26)14-7-8-17-18(10-14)23-19-6-4-2-3-5-9-25(19)21(17)27/h7-8,10-11,13H,2-6,9,12H2,1H3. The first kappa shape index (κ1) is 19.3. The van der Waals surface area contributed by atoms with Crippen molar-refractivity contribution in [2.75, 3.05) is 7.05 Å². The summed E-state index contributed by atoms with van der Waals surface area (Å²) in [7, 11) is 1.79. The van der Waals surface area contributed by atoms with Crippen molar-refractivity contribution in [1.82, 2.24) is 14.5 Å². The Bertz CT molecular complexity index is 1090. The quantitative estimate of drug-likeness (QED) is 0.574. The number of fused-ring (bicyclic) bond motifs is 2. The van der Waals surface area contributed by atoms with Gasteiger partial charge in [0.15, 0.2) is 0 Å². The van der Waals surface area contributed by atoms with Gasteiger partial charge in [0.2, 0.25) is 0 Å². The lowest BCUT2D eigenvalue weighted by Gasteiger charge is -2.18. The molecule has 0 fully saturated rings. The molecule has 28 heavy (non-hydrogen) atoms. The maximum Gasteiger partial charge on any atom is 0.261 e. The van der Waals surface area contributed by atoms with Crippen LogP contribution in [0.3, 0.4) is 0 Å². The number of aryl methyl sites for hydroxylation is 1. The van der Waals surface area contributed by atoms with Crippen LogP contribution in [0.4, 0.5) is 0 Å². The van der Waals surface area contributed by atoms with Gasteiger partial charge in [-0.15, -0.1) is 11.3 Å². The molecule has 1 aliphatic heterocycles. The third-order valence-corrected chi connectivity index (χ3v) is 6.86. The molecule has 1 aliphatic rings. The lowest BCUT2D eigenvalue weighted by atomic mass is 10.1. The van der Waals surface area contributed by atoms with Crippen molar-refractivity contribution in [2.45, 2.75) is 45.2 Å². The molecular weight excluding hydrogens is 438 g/mol. The Morgan fingerprint density at radius 1 is 1.25 bits per heavy atom. The number of halogens is 1. The van der Waals surface area contributed by atoms with Crippen LogP contribution >= 0.6 is 27.3 Å². The zero-order valence-corrected chi connectivity index (χ0v) is 18.2. The van der Waals surface area contributed by atoms with Gasteiger partial charge < -0.3 is 4.90 Å². The second-order valence-corrected chi connectivity index (χ2v) is 9.18. The van der Waals surface area contributed by atoms with E-state index in [0.29, 0.717) is 23.0 Å². The molecule has 0 aliphatic carbocycles. The van der Waals surface area contributed by atoms with Crippen LogP contribution in [0.2, 0.25) is 0 Å². The first-order chi connectivity index (χ1) is 13.5. The Kier molecular flexibility index (Phi) is 5.64. The fraction of sp³-hybridized carbons (Fsp3) is 0.381. The zero-order valence-electron chi connectivity index (χ0n) is 15.8. The van der Waals surface area contributed by atoms with E-state index >= 15 is 0 Å². The number of rotatable bonds is 3. The summed E-state index contributed by atoms with van der Waals surface area (Å²) in [6.07, 6.45) is 5.22. The normalized spacial score (nSPS) is 14.4. The smallest absolute Gasteiger partial charge is 0.261 e. The molecule has 146 valence electrons. The number of nitrogens with zero attached hydrogens (tertiary/aromatic N) is 3. The topological polar surface area (TPSA) is 55.2 Å². The summed E-state index contributed by atoms with van der Waals surface area (Å²) in [5.74, 6) is 0.777. The van der Waals surface area contributed by atoms with Crippen LogP contribution in [0.5, 0.6) is 0 Å². The van der Waals surface area contributed by atoms with Crippen molar-refractivity contribution in [3.8, 4) is 0 Å². The van der Waals surface area contributed by atoms with E-state index in [2.05, 4.69) is 15.9 Å². The molecule has 0 atom stereocenters. The molecule has 1 aromatic carbocycles. The first-order valence-electron chi connectivity index (χ1n) is 9.55. The van der Waals surface area contributed by atoms with Crippen molar-refractivity contribution in [2.24, 2.45) is 0 Å². The molecule has 5 nitrogen and oxygen atoms in total. The number of hydrogen-bond acceptors (Lipinski definition) is 4. The minimum absolute atomic E-state index is 0.0117. The highest BCUT2D eigenvalue weighted by molar-refractivity contribution is 9.10. The van der Waals surface area contributed by atoms with E-state index in [0.717, 1.165) is 47.4 Å². The molecule has 0 spiro atoms. The van der Waals surface area contributed by atoms with Crippen molar-refractivity contribution >= 4 is 44.1 Å². The third-order valence-electron chi connectivity index (χ3n) is 5.17. The van der Waals surface area contributed by atoms with Gasteiger partial charge in [0.25, 0.3) is 11.5 Å². The van der Waals surface area contributed by atoms with E-state index in [1.165, 1.54) is 6.42 Å². The minimum Gasteiger partial charge on any atom is -0.337 e. The summed E-state index contributed by atoms with van der Waals surface area (Å²) in [5, 5.41) is 2.60. The summed E-state index contributed by atoms with van der Waals surface area (Å²) in [5.41, 5.74) is 1.20. The van der Waals surface area contributed by atoms with Gasteiger partial charge in [0, 0.05) is 40.3 Å². The predicted octanol–water partition coefficient (Wildman–Crippen LogP) is 4.61. The minimum atomic E-state index is -0.0694. The van der Waals surface area contributed by atoms with Gasteiger partial charge in [-0.1, -0.05) is 12.8 Å². The number of aromatic nitrogens is 2. The van der Waals surface area contributed by atoms with E-state index in [1.807, 2.05) is 16.0 Å². The Hall–Kier alpha value is -1.99. The highest BCUT2D eigenvalue weighted by Crippen LogP contribution is 2.22. The Labute approximate surface area is 176 Å². The average molecular weight is 460 g/mol. The molecule has 0 unspecified atom stereocenters. The molecule has 3 heterocycles. The van der Waals surface area contributed by atoms with Crippen LogP contribution in [-0.4, -0.2) is 27.4 Å². The van der Waals surface area contributed by atoms with Gasteiger partial charge >= 0.3 is 0 Å². The van der Waals surface area contributed by atoms with E-state index in [1.54, 1.807) is 41.5 Å². The highest BCUT2D eigenvalue weighted by atomic mass is 79.9. The summed E-state index contributed by atoms with van der Waals surface area (Å²) < 4.78 is 2.85. The van der Waals surface area contributed by atoms with Gasteiger partial charge in [0.1, 0.15) is 5.82 Å². The molecule has 4 rings (SSSR count). The van der Waals surface area contributed by atoms with Gasteiger partial charge in [0.05, 0.1) is 17.4 Å². The summed E-state index contributed by atoms with van der Waals surface area (Å²) in [6.45, 7) is 1.28. The molecule has 0 saturated carbocycles. The molecule has 0 saturated heterocycles. The molecule has 7 heteroatoms. The summed E-state index contributed by atoms with van der Waals surface area (Å²) >= 11 is 5.06. The van der Waals surface area contributed by atoms with Gasteiger partial charge in [-0.25, -0.2) is 4.98 Å². The van der Waals surface area contributed by atoms with Gasteiger partial charge in [-0.05, 0) is 53.0 Å². The second kappa shape index (κ2) is 8.17. The molecular formula is C21H22BrN3O2S. The summed E-state index contributed by atoms with van der Waals surface area (Å²) in [6, 6.07) is 7.28. The molecule has 3 aromatic rings. The average Bonchev–Trinajstić information content (AvgIpc) is 3.07. The van der Waals surface area contributed by atoms with Gasteiger partial charge in [-0.2, -0.15) is 0 Å². The molecule has 0 radical (unpaired) electrons. The van der Waals surface area contributed by atoms with Crippen LogP contribution in [0.1, 0.15) is 46.7 Å². The number of benzene rings is 1. The van der Waals surface area contributed by atoms with E-state index in [-0.39, 0.29) is 11.5 Å². The predicted molar refractivity (Wildman–Crippen MR) is 116 cm³/mol. The molecule has 2 aromatic heterocycles. The van der Waals surface area contributed by atoms with Crippen LogP contribution in [0.15, 0.2) is 38.9 Å². The molecule has 0 N–H and O–H groups in total. The van der Waals surface area contributed by atoms with Crippen molar-refractivity contribution < 1.29 is 4.79 Å². The van der Waals surface area contributed by atoms with Crippen LogP contribution in [-0.2, 0) is 19.5 Å². The largest absolute Gasteiger partial charge is 0.337 e. The number of thiophene rings is 1. The number of hydrogen-bond donors (Lipinski definition) is 0. The Morgan fingerprint density at radius 2 is 2.07 bits per heavy atom. The highest BCUT2D eigenvalue weighted by Gasteiger charge is 2.17. The maximum atomic E-state index is 12.9. The van der Waals surface area contributed by atoms with Crippen LogP contribution < -0.4 is 5.56 Å². The zero-order chi connectivity index (χ0) is 19.7. The monoisotopic (exact) mass is 459 g/mol. The Balaban J connectivity index is 1.65. The molecule has 0 bridgehead atoms. The Morgan fingerprint density at radius 3 is 2.86 bits per heavy atom. The van der Waals surface area contributed by atoms with Crippen molar-refractivity contribution in [3.05, 3.63) is 60.7 Å². The number of carbonyl (C=O) groups is 1. The SMILES string of the molecule is CN(Cc1cc(Br)cs1)C(=O)c1ccc2c(=O)n3c(nc2c1)CCCCCC3. The third kappa shape index (κ3) is 3.91. The molecule has 1 amide bonds. The first-order valence-corrected chi connectivity index (χ1v) is 11.2. The van der Waals surface area contributed by atoms with Crippen molar-refractivity contribution in [1.29, 1.82) is 0 Å². The van der Waals surface area contributed by atoms with Gasteiger partial charge in [-0.3, -0.25) is 14.2 Å². The van der Waals surface area contributed by atoms with E-state index in [4.69, 9.17) is 4.98 Å². The number of carbonyl (C=O) groups excluding carboxylic acids is 1. The van der Waals surface area contributed by atoms with E-state index in [9.17, 15) is 9.59 Å². The fourth-order valence-electron chi connectivity index (χ4n) is 3.69. The number of amides is 1. The van der Waals surface area contributed by atoms with Crippen LogP contribution in [0.25, 0.3) is 10.9 Å². The maximum absolute atomic E-state index is 12.9. The fourth-order valence-corrected chi connectivity index (χ4v) is 5.19. The lowest BCUT2D eigenvalue weighted by molar-refractivity contribution is 0.0786. The van der Waals surface area contributed by atoms with E-state index < -0.39 is 0 Å². The summed E-state index contributed by atoms with van der Waals surface area (Å²) in [4.78, 5) is 33.4. The second-order valence-electron chi connectivity index (χ2n) is 7.27. The van der Waals surface area contributed by atoms with Crippen molar-refractivity contribution in [3.63, 3.8) is 0 Å². The lowest BCUT2D eigenvalue weighted by Crippen LogP contribution is -2.28.